The third-order valence-electron chi connectivity index (χ3n) is 3.39. The summed E-state index contributed by atoms with van der Waals surface area (Å²) in [6, 6.07) is 5.21. The van der Waals surface area contributed by atoms with Crippen LogP contribution < -0.4 is 15.4 Å². The van der Waals surface area contributed by atoms with E-state index in [1.54, 1.807) is 25.3 Å². The van der Waals surface area contributed by atoms with Crippen LogP contribution in [0.3, 0.4) is 0 Å². The fourth-order valence-electron chi connectivity index (χ4n) is 2.09. The highest BCUT2D eigenvalue weighted by Gasteiger charge is 2.09. The zero-order valence-electron chi connectivity index (χ0n) is 13.8. The van der Waals surface area contributed by atoms with Gasteiger partial charge in [0.25, 0.3) is 5.91 Å². The van der Waals surface area contributed by atoms with E-state index in [9.17, 15) is 4.79 Å². The number of methoxy groups -OCH3 is 1. The molecule has 0 aliphatic rings. The third-order valence-corrected chi connectivity index (χ3v) is 3.62. The van der Waals surface area contributed by atoms with Gasteiger partial charge in [0.1, 0.15) is 5.75 Å². The van der Waals surface area contributed by atoms with Crippen molar-refractivity contribution in [1.82, 2.24) is 15.3 Å². The predicted octanol–water partition coefficient (Wildman–Crippen LogP) is 3.80. The number of carbonyl (C=O) groups is 1. The van der Waals surface area contributed by atoms with Crippen molar-refractivity contribution in [3.05, 3.63) is 41.2 Å². The molecule has 0 spiro atoms. The van der Waals surface area contributed by atoms with Gasteiger partial charge in [-0.1, -0.05) is 31.4 Å². The number of amides is 1. The van der Waals surface area contributed by atoms with Crippen molar-refractivity contribution in [3.63, 3.8) is 0 Å². The first-order valence-electron chi connectivity index (χ1n) is 7.85. The predicted molar refractivity (Wildman–Crippen MR) is 95.2 cm³/mol. The minimum Gasteiger partial charge on any atom is -0.495 e. The molecule has 128 valence electrons. The van der Waals surface area contributed by atoms with Crippen LogP contribution >= 0.6 is 11.6 Å². The number of unbranched alkanes of at least 4 members (excludes halogenated alkanes) is 2. The van der Waals surface area contributed by atoms with E-state index >= 15 is 0 Å². The summed E-state index contributed by atoms with van der Waals surface area (Å²) in [7, 11) is 1.57. The van der Waals surface area contributed by atoms with Crippen molar-refractivity contribution >= 4 is 29.1 Å². The van der Waals surface area contributed by atoms with Gasteiger partial charge in [-0.2, -0.15) is 0 Å². The number of aromatic nitrogens is 2. The van der Waals surface area contributed by atoms with Crippen LogP contribution in [0, 0.1) is 0 Å². The SMILES string of the molecule is CCCCCNC(=O)c1cnc(Nc2cc(Cl)ccc2OC)nc1. The summed E-state index contributed by atoms with van der Waals surface area (Å²) < 4.78 is 5.26. The standard InChI is InChI=1S/C17H21ClN4O2/c1-3-4-5-8-19-16(23)12-10-20-17(21-11-12)22-14-9-13(18)6-7-15(14)24-2/h6-7,9-11H,3-5,8H2,1-2H3,(H,19,23)(H,20,21,22). The molecular weight excluding hydrogens is 328 g/mol. The van der Waals surface area contributed by atoms with Gasteiger partial charge in [-0.3, -0.25) is 4.79 Å². The van der Waals surface area contributed by atoms with Gasteiger partial charge in [0.05, 0.1) is 18.4 Å². The highest BCUT2D eigenvalue weighted by molar-refractivity contribution is 6.31. The fourth-order valence-corrected chi connectivity index (χ4v) is 2.26. The van der Waals surface area contributed by atoms with E-state index in [4.69, 9.17) is 16.3 Å². The number of nitrogens with zero attached hydrogens (tertiary/aromatic N) is 2. The number of rotatable bonds is 8. The van der Waals surface area contributed by atoms with Gasteiger partial charge in [-0.05, 0) is 24.6 Å². The molecule has 1 heterocycles. The Morgan fingerprint density at radius 1 is 1.25 bits per heavy atom. The Labute approximate surface area is 146 Å². The third kappa shape index (κ3) is 5.09. The lowest BCUT2D eigenvalue weighted by atomic mass is 10.2. The maximum Gasteiger partial charge on any atom is 0.254 e. The van der Waals surface area contributed by atoms with Crippen LogP contribution in [0.15, 0.2) is 30.6 Å². The smallest absolute Gasteiger partial charge is 0.254 e. The molecular formula is C17H21ClN4O2. The molecule has 2 N–H and O–H groups in total. The van der Waals surface area contributed by atoms with E-state index in [0.29, 0.717) is 34.5 Å². The summed E-state index contributed by atoms with van der Waals surface area (Å²) in [5.41, 5.74) is 1.08. The molecule has 2 rings (SSSR count). The van der Waals surface area contributed by atoms with Crippen molar-refractivity contribution in [3.8, 4) is 5.75 Å². The molecule has 1 aromatic heterocycles. The maximum atomic E-state index is 12.0. The molecule has 1 amide bonds. The lowest BCUT2D eigenvalue weighted by Crippen LogP contribution is -2.24. The number of anilines is 2. The summed E-state index contributed by atoms with van der Waals surface area (Å²) in [4.78, 5) is 20.3. The summed E-state index contributed by atoms with van der Waals surface area (Å²) in [6.45, 7) is 2.78. The van der Waals surface area contributed by atoms with Gasteiger partial charge in [0, 0.05) is 24.0 Å². The van der Waals surface area contributed by atoms with Crippen molar-refractivity contribution < 1.29 is 9.53 Å². The van der Waals surface area contributed by atoms with E-state index in [1.807, 2.05) is 0 Å². The lowest BCUT2D eigenvalue weighted by molar-refractivity contribution is 0.0952. The minimum absolute atomic E-state index is 0.169. The Kier molecular flexibility index (Phi) is 6.81. The van der Waals surface area contributed by atoms with Gasteiger partial charge in [-0.25, -0.2) is 9.97 Å². The van der Waals surface area contributed by atoms with Crippen LogP contribution in [-0.2, 0) is 0 Å². The van der Waals surface area contributed by atoms with Crippen molar-refractivity contribution in [2.24, 2.45) is 0 Å². The molecule has 0 radical (unpaired) electrons. The molecule has 6 nitrogen and oxygen atoms in total. The molecule has 0 fully saturated rings. The highest BCUT2D eigenvalue weighted by atomic mass is 35.5. The average molecular weight is 349 g/mol. The Morgan fingerprint density at radius 3 is 2.67 bits per heavy atom. The summed E-state index contributed by atoms with van der Waals surface area (Å²) in [5.74, 6) is 0.817. The average Bonchev–Trinajstić information content (AvgIpc) is 2.59. The number of hydrogen-bond donors (Lipinski definition) is 2. The van der Waals surface area contributed by atoms with Crippen molar-refractivity contribution in [2.75, 3.05) is 19.0 Å². The van der Waals surface area contributed by atoms with Gasteiger partial charge < -0.3 is 15.4 Å². The molecule has 0 bridgehead atoms. The Bertz CT molecular complexity index is 677. The fraction of sp³-hybridized carbons (Fsp3) is 0.353. The number of carbonyl (C=O) groups excluding carboxylic acids is 1. The largest absolute Gasteiger partial charge is 0.495 e. The molecule has 0 unspecified atom stereocenters. The van der Waals surface area contributed by atoms with Crippen LogP contribution in [0.4, 0.5) is 11.6 Å². The quantitative estimate of drug-likeness (QED) is 0.709. The van der Waals surface area contributed by atoms with Gasteiger partial charge in [-0.15, -0.1) is 0 Å². The first kappa shape index (κ1) is 18.0. The maximum absolute atomic E-state index is 12.0. The van der Waals surface area contributed by atoms with E-state index in [-0.39, 0.29) is 5.91 Å². The second-order valence-corrected chi connectivity index (χ2v) is 5.66. The molecule has 7 heteroatoms. The van der Waals surface area contributed by atoms with E-state index in [2.05, 4.69) is 27.5 Å². The molecule has 0 saturated carbocycles. The number of halogens is 1. The molecule has 1 aromatic carbocycles. The van der Waals surface area contributed by atoms with Crippen LogP contribution in [0.2, 0.25) is 5.02 Å². The number of nitrogens with one attached hydrogen (secondary N) is 2. The zero-order chi connectivity index (χ0) is 17.4. The summed E-state index contributed by atoms with van der Waals surface area (Å²) in [5, 5.41) is 6.45. The van der Waals surface area contributed by atoms with Crippen molar-refractivity contribution in [2.45, 2.75) is 26.2 Å². The summed E-state index contributed by atoms with van der Waals surface area (Å²) in [6.07, 6.45) is 6.16. The minimum atomic E-state index is -0.169. The summed E-state index contributed by atoms with van der Waals surface area (Å²) >= 11 is 5.99. The molecule has 0 saturated heterocycles. The molecule has 2 aromatic rings. The zero-order valence-corrected chi connectivity index (χ0v) is 14.6. The Morgan fingerprint density at radius 2 is 2.00 bits per heavy atom. The monoisotopic (exact) mass is 348 g/mol. The van der Waals surface area contributed by atoms with Gasteiger partial charge in [0.15, 0.2) is 0 Å². The number of hydrogen-bond acceptors (Lipinski definition) is 5. The van der Waals surface area contributed by atoms with Gasteiger partial charge >= 0.3 is 0 Å². The van der Waals surface area contributed by atoms with Crippen LogP contribution in [0.25, 0.3) is 0 Å². The second-order valence-electron chi connectivity index (χ2n) is 5.23. The first-order chi connectivity index (χ1) is 11.6. The van der Waals surface area contributed by atoms with E-state index in [0.717, 1.165) is 19.3 Å². The van der Waals surface area contributed by atoms with Crippen LogP contribution in [-0.4, -0.2) is 29.5 Å². The van der Waals surface area contributed by atoms with Crippen LogP contribution in [0.1, 0.15) is 36.5 Å². The van der Waals surface area contributed by atoms with E-state index < -0.39 is 0 Å². The molecule has 0 aliphatic carbocycles. The topological polar surface area (TPSA) is 76.1 Å². The highest BCUT2D eigenvalue weighted by Crippen LogP contribution is 2.29. The first-order valence-corrected chi connectivity index (χ1v) is 8.22. The van der Waals surface area contributed by atoms with Crippen molar-refractivity contribution in [1.29, 1.82) is 0 Å². The van der Waals surface area contributed by atoms with Crippen LogP contribution in [0.5, 0.6) is 5.75 Å². The van der Waals surface area contributed by atoms with E-state index in [1.165, 1.54) is 12.4 Å². The number of ether oxygens (including phenoxy) is 1. The lowest BCUT2D eigenvalue weighted by Gasteiger charge is -2.10. The Hall–Kier alpha value is -2.34. The normalized spacial score (nSPS) is 10.3. The van der Waals surface area contributed by atoms with Gasteiger partial charge in [0.2, 0.25) is 5.95 Å². The molecule has 0 atom stereocenters. The molecule has 0 aliphatic heterocycles. The second kappa shape index (κ2) is 9.08. The molecule has 24 heavy (non-hydrogen) atoms. The number of benzene rings is 1. The Balaban J connectivity index is 1.99.